The van der Waals surface area contributed by atoms with Crippen molar-refractivity contribution in [3.8, 4) is 5.75 Å². The summed E-state index contributed by atoms with van der Waals surface area (Å²) in [5.74, 6) is 2.94. The first-order valence-electron chi connectivity index (χ1n) is 15.4. The van der Waals surface area contributed by atoms with Crippen LogP contribution in [0.1, 0.15) is 62.2 Å². The number of ether oxygens (including phenoxy) is 2. The normalized spacial score (nSPS) is 30.5. The van der Waals surface area contributed by atoms with Gasteiger partial charge in [-0.05, 0) is 69.2 Å². The van der Waals surface area contributed by atoms with Crippen molar-refractivity contribution in [2.75, 3.05) is 49.4 Å². The lowest BCUT2D eigenvalue weighted by Crippen LogP contribution is -2.55. The molecule has 4 heterocycles. The third-order valence-electron chi connectivity index (χ3n) is 10.1. The van der Waals surface area contributed by atoms with Gasteiger partial charge in [-0.3, -0.25) is 9.59 Å². The number of anilines is 4. The number of benzene rings is 1. The summed E-state index contributed by atoms with van der Waals surface area (Å²) < 4.78 is 11.7. The van der Waals surface area contributed by atoms with Crippen molar-refractivity contribution in [2.45, 2.75) is 75.8 Å². The molecule has 3 aliphatic heterocycles. The monoisotopic (exact) mass is 575 g/mol. The molecule has 2 N–H and O–H groups in total. The third kappa shape index (κ3) is 4.57. The van der Waals surface area contributed by atoms with E-state index in [1.165, 1.54) is 0 Å². The topological polar surface area (TPSA) is 115 Å². The summed E-state index contributed by atoms with van der Waals surface area (Å²) in [6.07, 6.45) is 8.68. The molecular weight excluding hydrogens is 534 g/mol. The van der Waals surface area contributed by atoms with Crippen molar-refractivity contribution in [1.82, 2.24) is 20.2 Å². The number of carbonyl (C=O) groups excluding carboxylic acids is 2. The van der Waals surface area contributed by atoms with Gasteiger partial charge in [0, 0.05) is 31.7 Å². The van der Waals surface area contributed by atoms with E-state index in [9.17, 15) is 9.59 Å². The highest BCUT2D eigenvalue weighted by atomic mass is 16.6. The van der Waals surface area contributed by atoms with Gasteiger partial charge in [0.15, 0.2) is 12.0 Å². The van der Waals surface area contributed by atoms with Gasteiger partial charge in [0.2, 0.25) is 11.9 Å². The Balaban J connectivity index is 1.07. The van der Waals surface area contributed by atoms with E-state index in [0.29, 0.717) is 40.8 Å². The average Bonchev–Trinajstić information content (AvgIpc) is 3.33. The molecule has 0 radical (unpaired) electrons. The zero-order valence-electron chi connectivity index (χ0n) is 24.9. The minimum absolute atomic E-state index is 0.0858. The second kappa shape index (κ2) is 10.4. The number of likely N-dealkylation sites (N-methyl/N-ethyl adjacent to an activating group) is 1. The quantitative estimate of drug-likeness (QED) is 0.479. The van der Waals surface area contributed by atoms with Gasteiger partial charge < -0.3 is 34.8 Å². The fourth-order valence-electron chi connectivity index (χ4n) is 7.98. The lowest BCUT2D eigenvalue weighted by Gasteiger charge is -2.43. The Labute approximate surface area is 246 Å². The summed E-state index contributed by atoms with van der Waals surface area (Å²) in [5.41, 5.74) is 1.69. The van der Waals surface area contributed by atoms with Crippen molar-refractivity contribution >= 4 is 35.0 Å². The Morgan fingerprint density at radius 2 is 1.90 bits per heavy atom. The Morgan fingerprint density at radius 3 is 2.60 bits per heavy atom. The van der Waals surface area contributed by atoms with Crippen molar-refractivity contribution in [3.63, 3.8) is 0 Å². The molecule has 4 fully saturated rings. The third-order valence-corrected chi connectivity index (χ3v) is 10.1. The molecule has 1 spiro atoms. The number of aromatic nitrogens is 2. The highest BCUT2D eigenvalue weighted by Crippen LogP contribution is 2.55. The minimum Gasteiger partial charge on any atom is -0.495 e. The Morgan fingerprint density at radius 1 is 1.17 bits per heavy atom. The van der Waals surface area contributed by atoms with E-state index >= 15 is 0 Å². The van der Waals surface area contributed by atoms with Crippen molar-refractivity contribution < 1.29 is 19.1 Å². The van der Waals surface area contributed by atoms with E-state index < -0.39 is 0 Å². The highest BCUT2D eigenvalue weighted by molar-refractivity contribution is 6.04. The number of likely N-dealkylation sites (tertiary alicyclic amines) is 1. The largest absolute Gasteiger partial charge is 0.495 e. The van der Waals surface area contributed by atoms with Crippen molar-refractivity contribution in [3.05, 3.63) is 30.0 Å². The number of hydrogen-bond acceptors (Lipinski definition) is 9. The summed E-state index contributed by atoms with van der Waals surface area (Å²) in [6.45, 7) is 4.28. The van der Waals surface area contributed by atoms with E-state index in [-0.39, 0.29) is 29.7 Å². The summed E-state index contributed by atoms with van der Waals surface area (Å²) in [4.78, 5) is 42.1. The van der Waals surface area contributed by atoms with Crippen LogP contribution in [0.15, 0.2) is 24.4 Å². The van der Waals surface area contributed by atoms with Crippen LogP contribution in [0.25, 0.3) is 0 Å². The second-order valence-corrected chi connectivity index (χ2v) is 12.8. The Kier molecular flexibility index (Phi) is 6.77. The number of nitrogens with one attached hydrogen (secondary N) is 2. The molecule has 2 saturated heterocycles. The molecule has 3 unspecified atom stereocenters. The molecule has 224 valence electrons. The van der Waals surface area contributed by atoms with Crippen molar-refractivity contribution in [1.29, 1.82) is 0 Å². The number of rotatable bonds is 7. The maximum absolute atomic E-state index is 13.2. The van der Waals surface area contributed by atoms with Gasteiger partial charge in [-0.2, -0.15) is 4.98 Å². The molecule has 1 aromatic heterocycles. The smallest absolute Gasteiger partial charge is 0.253 e. The highest BCUT2D eigenvalue weighted by Gasteiger charge is 2.64. The lowest BCUT2D eigenvalue weighted by molar-refractivity contribution is -0.120. The van der Waals surface area contributed by atoms with Crippen molar-refractivity contribution in [2.24, 2.45) is 11.8 Å². The number of carbonyl (C=O) groups is 2. The molecule has 1 aromatic carbocycles. The predicted molar refractivity (Wildman–Crippen MR) is 159 cm³/mol. The van der Waals surface area contributed by atoms with Crippen LogP contribution in [-0.2, 0) is 9.53 Å². The van der Waals surface area contributed by atoms with Gasteiger partial charge in [0.05, 0.1) is 19.0 Å². The first kappa shape index (κ1) is 27.4. The number of methoxy groups -OCH3 is 1. The molecule has 0 bridgehead atoms. The number of hydrogen-bond donors (Lipinski definition) is 2. The van der Waals surface area contributed by atoms with Crippen LogP contribution < -0.4 is 25.2 Å². The molecule has 11 heteroatoms. The maximum atomic E-state index is 13.2. The zero-order chi connectivity index (χ0) is 29.2. The van der Waals surface area contributed by atoms with E-state index in [1.54, 1.807) is 37.4 Å². The van der Waals surface area contributed by atoms with Gasteiger partial charge in [-0.15, -0.1) is 0 Å². The summed E-state index contributed by atoms with van der Waals surface area (Å²) in [7, 11) is 5.55. The van der Waals surface area contributed by atoms with Crippen LogP contribution in [0.3, 0.4) is 0 Å². The molecular formula is C31H41N7O4. The van der Waals surface area contributed by atoms with E-state index in [4.69, 9.17) is 14.5 Å². The first-order chi connectivity index (χ1) is 20.3. The van der Waals surface area contributed by atoms with Gasteiger partial charge in [-0.25, -0.2) is 4.98 Å². The van der Waals surface area contributed by atoms with Crippen LogP contribution in [0, 0.1) is 11.8 Å². The SMILES string of the molecule is CC[C@@H]1C(=O)N(C)c2cnc(Nc3ccc(C(=O)NC4OC45CC4CN(C)C[C@H]4C5)cc3OC)nc2N1C1CCCC1. The molecule has 5 atom stereocenters. The summed E-state index contributed by atoms with van der Waals surface area (Å²) in [6, 6.07) is 5.38. The van der Waals surface area contributed by atoms with Crippen LogP contribution in [0.2, 0.25) is 0 Å². The number of nitrogens with zero attached hydrogens (tertiary/aromatic N) is 5. The maximum Gasteiger partial charge on any atom is 0.253 e. The van der Waals surface area contributed by atoms with E-state index in [1.807, 2.05) is 6.07 Å². The fourth-order valence-corrected chi connectivity index (χ4v) is 7.98. The zero-order valence-corrected chi connectivity index (χ0v) is 24.9. The lowest BCUT2D eigenvalue weighted by atomic mass is 10.0. The molecule has 11 nitrogen and oxygen atoms in total. The van der Waals surface area contributed by atoms with Crippen LogP contribution in [0.5, 0.6) is 5.75 Å². The van der Waals surface area contributed by atoms with Crippen LogP contribution in [-0.4, -0.2) is 84.9 Å². The first-order valence-corrected chi connectivity index (χ1v) is 15.4. The number of amides is 2. The fraction of sp³-hybridized carbons (Fsp3) is 0.613. The predicted octanol–water partition coefficient (Wildman–Crippen LogP) is 3.53. The van der Waals surface area contributed by atoms with E-state index in [2.05, 4.69) is 39.4 Å². The number of fused-ring (bicyclic) bond motifs is 2. The Bertz CT molecular complexity index is 1380. The van der Waals surface area contributed by atoms with Gasteiger partial charge in [0.25, 0.3) is 5.91 Å². The second-order valence-electron chi connectivity index (χ2n) is 12.8. The Hall–Kier alpha value is -3.44. The average molecular weight is 576 g/mol. The molecule has 7 rings (SSSR count). The molecule has 2 aliphatic carbocycles. The number of epoxide rings is 1. The molecule has 42 heavy (non-hydrogen) atoms. The summed E-state index contributed by atoms with van der Waals surface area (Å²) in [5, 5.41) is 6.38. The summed E-state index contributed by atoms with van der Waals surface area (Å²) >= 11 is 0. The van der Waals surface area contributed by atoms with Crippen LogP contribution in [0.4, 0.5) is 23.1 Å². The molecule has 2 aromatic rings. The van der Waals surface area contributed by atoms with E-state index in [0.717, 1.165) is 69.5 Å². The molecule has 2 amide bonds. The molecule has 5 aliphatic rings. The molecule has 2 saturated carbocycles. The van der Waals surface area contributed by atoms with Gasteiger partial charge in [-0.1, -0.05) is 19.8 Å². The van der Waals surface area contributed by atoms with Gasteiger partial charge >= 0.3 is 0 Å². The van der Waals surface area contributed by atoms with Crippen LogP contribution >= 0.6 is 0 Å². The van der Waals surface area contributed by atoms with Gasteiger partial charge in [0.1, 0.15) is 23.1 Å². The standard InChI is InChI=1S/C31H41N7O4/c1-5-23-28(40)37(3)24-15-32-30(34-26(24)38(23)21-8-6-7-9-21)33-22-11-10-18(12-25(22)41-4)27(39)35-29-31(42-29)13-19-16-36(2)17-20(19)14-31/h10-12,15,19-21,23,29H,5-9,13-14,16-17H2,1-4H3,(H,35,39)(H,32,33,34)/t19-,20?,23-,29?,31?/m1/s1. The minimum atomic E-state index is -0.236.